The van der Waals surface area contributed by atoms with Gasteiger partial charge in [0.2, 0.25) is 0 Å². The summed E-state index contributed by atoms with van der Waals surface area (Å²) < 4.78 is 35.9. The van der Waals surface area contributed by atoms with Crippen LogP contribution in [0, 0.1) is 64.4 Å². The molecule has 628 valence electrons. The molecule has 0 aliphatic rings. The fraction of sp³-hybridized carbons (Fsp3) is 0.0789. The van der Waals surface area contributed by atoms with E-state index in [1.165, 1.54) is 106 Å². The first-order chi connectivity index (χ1) is 63.5. The molecule has 130 heavy (non-hydrogen) atoms. The van der Waals surface area contributed by atoms with Crippen LogP contribution in [0.2, 0.25) is 0 Å². The number of aryl methyl sites for hydroxylation is 7. The van der Waals surface area contributed by atoms with Crippen LogP contribution in [0.1, 0.15) is 38.9 Å². The van der Waals surface area contributed by atoms with E-state index >= 15 is 0 Å². The average molecular weight is 1690 g/mol. The number of methoxy groups -OCH3 is 2. The van der Waals surface area contributed by atoms with Crippen LogP contribution in [-0.2, 0) is 0 Å². The molecule has 0 N–H and O–H groups in total. The summed E-state index contributed by atoms with van der Waals surface area (Å²) in [5, 5.41) is 22.7. The second kappa shape index (κ2) is 33.0. The van der Waals surface area contributed by atoms with Gasteiger partial charge in [-0.05, 0) is 227 Å². The van der Waals surface area contributed by atoms with E-state index in [1.807, 2.05) is 103 Å². The Bertz CT molecular complexity index is 8870. The summed E-state index contributed by atoms with van der Waals surface area (Å²) in [5.41, 5.74) is 34.5. The largest absolute Gasteiger partial charge is 0.497 e. The first kappa shape index (κ1) is 80.4. The number of rotatable bonds is 8. The van der Waals surface area contributed by atoms with E-state index in [9.17, 15) is 14.5 Å². The van der Waals surface area contributed by atoms with E-state index in [2.05, 4.69) is 283 Å². The molecule has 15 heterocycles. The van der Waals surface area contributed by atoms with Crippen molar-refractivity contribution in [2.75, 3.05) is 14.2 Å². The lowest BCUT2D eigenvalue weighted by molar-refractivity contribution is -0.384. The molecule has 16 heteroatoms. The minimum atomic E-state index is -0.386. The van der Waals surface area contributed by atoms with Crippen LogP contribution in [0.4, 0.5) is 10.1 Å². The van der Waals surface area contributed by atoms with Gasteiger partial charge in [0.15, 0.2) is 0 Å². The molecule has 25 aromatic rings. The summed E-state index contributed by atoms with van der Waals surface area (Å²) in [7, 11) is 3.40. The Kier molecular flexibility index (Phi) is 20.4. The number of ether oxygens (including phenoxy) is 2. The number of hydrogen-bond acceptors (Lipinski definition) is 9. The predicted octanol–water partition coefficient (Wildman–Crippen LogP) is 28.8. The zero-order valence-corrected chi connectivity index (χ0v) is 73.0. The van der Waals surface area contributed by atoms with Gasteiger partial charge in [-0.15, -0.1) is 0 Å². The Labute approximate surface area is 747 Å². The molecule has 0 bridgehead atoms. The van der Waals surface area contributed by atoms with Crippen molar-refractivity contribution in [3.8, 4) is 67.8 Å². The third kappa shape index (κ3) is 14.2. The molecular formula is C114H86FN11O4. The molecule has 0 radical (unpaired) electrons. The van der Waals surface area contributed by atoms with Crippen LogP contribution in [-0.4, -0.2) is 66.1 Å². The lowest BCUT2D eigenvalue weighted by atomic mass is 10.0. The van der Waals surface area contributed by atoms with Gasteiger partial charge < -0.3 is 31.5 Å². The van der Waals surface area contributed by atoms with Crippen molar-refractivity contribution in [3.63, 3.8) is 0 Å². The molecule has 0 fully saturated rings. The summed E-state index contributed by atoms with van der Waals surface area (Å²) in [4.78, 5) is 35.5. The summed E-state index contributed by atoms with van der Waals surface area (Å²) in [6.07, 6.45) is 10.5. The van der Waals surface area contributed by atoms with Gasteiger partial charge in [-0.3, -0.25) is 10.1 Å². The van der Waals surface area contributed by atoms with Crippen molar-refractivity contribution in [1.82, 2.24) is 46.9 Å². The van der Waals surface area contributed by atoms with Gasteiger partial charge in [-0.1, -0.05) is 175 Å². The van der Waals surface area contributed by atoms with Gasteiger partial charge in [-0.2, -0.15) is 0 Å². The van der Waals surface area contributed by atoms with E-state index in [4.69, 9.17) is 34.4 Å². The maximum atomic E-state index is 13.8. The standard InChI is InChI=1S/C24H20N2O.C23H18N2O.C23H18N2.C22H15FN2.C22H15N3O2/c1-15-11-17(13-18(12-15)27-3)23-24-20(19-8-4-5-9-21(19)25-23)14-22-16(2)7-6-10-26(22)24;1-15-7-6-12-25-21(15)14-19-18-10-3-4-11-20(18)24-22(23(19)25)16-8-5-9-17(13-16)26-2;1-15-9-11-17(12-10-15)22-23-19(18-7-3-4-8-20(18)24-22)14-21-16(2)6-5-13-25(21)23;1-14-6-5-11-25-20(14)13-18-17-9-2-3-10-19(17)24-21(22(18)25)15-7-4-8-16(23)12-15;1-14-5-4-12-24-20(14)13-18-17-6-2-3-7-19(17)23-21(22(18)24)15-8-10-16(11-9-15)25(26)27/h4-14H,1-3H3;3-14H,1-2H3;3-14H,1-2H3;2-13H,1H3;2-13H,1H3. The van der Waals surface area contributed by atoms with Crippen LogP contribution in [0.15, 0.2) is 359 Å². The van der Waals surface area contributed by atoms with Crippen molar-refractivity contribution in [1.29, 1.82) is 0 Å². The third-order valence-corrected chi connectivity index (χ3v) is 25.0. The molecule has 0 amide bonds. The van der Waals surface area contributed by atoms with Gasteiger partial charge in [0.25, 0.3) is 5.69 Å². The summed E-state index contributed by atoms with van der Waals surface area (Å²) in [6.45, 7) is 14.9. The topological polar surface area (TPSA) is 148 Å². The van der Waals surface area contributed by atoms with E-state index < -0.39 is 0 Å². The lowest BCUT2D eigenvalue weighted by Crippen LogP contribution is -1.94. The van der Waals surface area contributed by atoms with Gasteiger partial charge in [0, 0.05) is 152 Å². The van der Waals surface area contributed by atoms with Gasteiger partial charge >= 0.3 is 0 Å². The SMILES string of the molecule is COc1cc(C)cc(-c2nc3ccccc3c3cc4c(C)cccn4c23)c1.COc1cccc(-c2nc3ccccc3c3cc4c(C)cccn4c23)c1.Cc1ccc(-c2nc3ccccc3c3cc4c(C)cccn4c23)cc1.Cc1cccn2c1cc1c3ccccc3nc(-c3ccc([N+](=O)[O-])cc3)c12.Cc1cccn2c1cc1c3ccccc3nc(-c3cccc(F)c3)c12. The smallest absolute Gasteiger partial charge is 0.269 e. The highest BCUT2D eigenvalue weighted by molar-refractivity contribution is 6.17. The van der Waals surface area contributed by atoms with Gasteiger partial charge in [-0.25, -0.2) is 29.3 Å². The van der Waals surface area contributed by atoms with Crippen LogP contribution in [0.3, 0.4) is 0 Å². The summed E-state index contributed by atoms with van der Waals surface area (Å²) in [6, 6.07) is 110. The molecule has 0 spiro atoms. The Balaban J connectivity index is 0.0000000984. The lowest BCUT2D eigenvalue weighted by Gasteiger charge is -2.11. The molecular weight excluding hydrogens is 1610 g/mol. The highest BCUT2D eigenvalue weighted by Crippen LogP contribution is 2.44. The van der Waals surface area contributed by atoms with E-state index in [0.717, 1.165) is 156 Å². The van der Waals surface area contributed by atoms with Gasteiger partial charge in [0.05, 0.1) is 103 Å². The molecule has 0 unspecified atom stereocenters. The predicted molar refractivity (Wildman–Crippen MR) is 531 cm³/mol. The van der Waals surface area contributed by atoms with Crippen LogP contribution >= 0.6 is 0 Å². The molecule has 25 rings (SSSR count). The van der Waals surface area contributed by atoms with Crippen LogP contribution < -0.4 is 9.47 Å². The maximum Gasteiger partial charge on any atom is 0.269 e. The number of nitrogens with zero attached hydrogens (tertiary/aromatic N) is 11. The summed E-state index contributed by atoms with van der Waals surface area (Å²) >= 11 is 0. The number of pyridine rings is 10. The Morgan fingerprint density at radius 1 is 0.262 bits per heavy atom. The van der Waals surface area contributed by atoms with Crippen LogP contribution in [0.25, 0.3) is 193 Å². The van der Waals surface area contributed by atoms with Crippen molar-refractivity contribution in [2.24, 2.45) is 0 Å². The molecule has 0 aliphatic heterocycles. The zero-order valence-electron chi connectivity index (χ0n) is 73.0. The number of halogens is 1. The van der Waals surface area contributed by atoms with Gasteiger partial charge in [0.1, 0.15) is 17.3 Å². The maximum absolute atomic E-state index is 13.8. The minimum absolute atomic E-state index is 0.0756. The van der Waals surface area contributed by atoms with Crippen molar-refractivity contribution in [3.05, 3.63) is 413 Å². The number of fused-ring (bicyclic) bond motifs is 25. The third-order valence-electron chi connectivity index (χ3n) is 25.0. The molecule has 15 aromatic heterocycles. The highest BCUT2D eigenvalue weighted by atomic mass is 19.1. The number of hydrogen-bond donors (Lipinski definition) is 0. The van der Waals surface area contributed by atoms with Crippen molar-refractivity contribution >= 4 is 142 Å². The van der Waals surface area contributed by atoms with E-state index in [0.29, 0.717) is 0 Å². The number of aromatic nitrogens is 10. The molecule has 0 saturated carbocycles. The van der Waals surface area contributed by atoms with E-state index in [1.54, 1.807) is 38.5 Å². The summed E-state index contributed by atoms with van der Waals surface area (Å²) in [5.74, 6) is 1.44. The van der Waals surface area contributed by atoms with E-state index in [-0.39, 0.29) is 16.4 Å². The number of nitro benzene ring substituents is 1. The molecule has 0 saturated heterocycles. The first-order valence-corrected chi connectivity index (χ1v) is 43.3. The average Bonchev–Trinajstić information content (AvgIpc) is 1.60. The molecule has 15 nitrogen and oxygen atoms in total. The fourth-order valence-electron chi connectivity index (χ4n) is 18.7. The van der Waals surface area contributed by atoms with Crippen molar-refractivity contribution < 1.29 is 18.8 Å². The van der Waals surface area contributed by atoms with Crippen LogP contribution in [0.5, 0.6) is 11.5 Å². The molecule has 0 aliphatic carbocycles. The zero-order chi connectivity index (χ0) is 88.7. The Morgan fingerprint density at radius 2 is 0.554 bits per heavy atom. The quantitative estimate of drug-likeness (QED) is 0.107. The fourth-order valence-corrected chi connectivity index (χ4v) is 18.7. The number of benzene rings is 10. The number of para-hydroxylation sites is 5. The Hall–Kier alpha value is -16.7. The monoisotopic (exact) mass is 1690 g/mol. The second-order valence-electron chi connectivity index (χ2n) is 33.3. The second-order valence-corrected chi connectivity index (χ2v) is 33.3. The van der Waals surface area contributed by atoms with Crippen molar-refractivity contribution in [2.45, 2.75) is 48.5 Å². The molecule has 10 aromatic carbocycles. The first-order valence-electron chi connectivity index (χ1n) is 43.3. The highest BCUT2D eigenvalue weighted by Gasteiger charge is 2.24. The number of non-ortho nitro benzene ring substituents is 1. The minimum Gasteiger partial charge on any atom is -0.497 e. The normalized spacial score (nSPS) is 11.5. The Morgan fingerprint density at radius 3 is 0.877 bits per heavy atom. The molecule has 0 atom stereocenters. The number of nitro groups is 1.